The first-order chi connectivity index (χ1) is 14.5. The van der Waals surface area contributed by atoms with Crippen LogP contribution in [0.2, 0.25) is 0 Å². The minimum Gasteiger partial charge on any atom is -0.352 e. The van der Waals surface area contributed by atoms with E-state index in [4.69, 9.17) is 12.2 Å². The van der Waals surface area contributed by atoms with Gasteiger partial charge >= 0.3 is 0 Å². The second kappa shape index (κ2) is 8.53. The summed E-state index contributed by atoms with van der Waals surface area (Å²) < 4.78 is 4.03. The van der Waals surface area contributed by atoms with Crippen LogP contribution in [0.4, 0.5) is 0 Å². The first-order valence-electron chi connectivity index (χ1n) is 10.1. The molecule has 0 amide bonds. The average Bonchev–Trinajstić information content (AvgIpc) is 3.41. The van der Waals surface area contributed by atoms with E-state index in [-0.39, 0.29) is 12.1 Å². The molecule has 9 heteroatoms. The van der Waals surface area contributed by atoms with E-state index in [1.165, 1.54) is 5.56 Å². The standard InChI is InChI=1S/C21H28N8S/c1-15-12-17(16(2)29(15)27-13-23-24-14-27)20-19(18-8-5-6-9-22-18)25-21(30)28(20)11-7-10-26(3)4/h5-6,8-9,12-14,19-20H,7,10-11H2,1-4H3,(H,25,30)/t19-,20-/m0/s1. The van der Waals surface area contributed by atoms with E-state index in [2.05, 4.69) is 75.0 Å². The maximum absolute atomic E-state index is 5.78. The summed E-state index contributed by atoms with van der Waals surface area (Å²) in [4.78, 5) is 9.15. The Morgan fingerprint density at radius 2 is 1.93 bits per heavy atom. The molecule has 0 saturated carbocycles. The Morgan fingerprint density at radius 3 is 2.60 bits per heavy atom. The van der Waals surface area contributed by atoms with Gasteiger partial charge in [0.2, 0.25) is 0 Å². The second-order valence-corrected chi connectivity index (χ2v) is 8.34. The minimum absolute atomic E-state index is 0.00656. The monoisotopic (exact) mass is 424 g/mol. The van der Waals surface area contributed by atoms with Crippen LogP contribution in [0.3, 0.4) is 0 Å². The number of rotatable bonds is 7. The van der Waals surface area contributed by atoms with E-state index in [1.807, 2.05) is 23.0 Å². The van der Waals surface area contributed by atoms with Crippen LogP contribution in [0, 0.1) is 13.8 Å². The van der Waals surface area contributed by atoms with Gasteiger partial charge in [0.05, 0.1) is 17.8 Å². The van der Waals surface area contributed by atoms with Crippen molar-refractivity contribution in [2.75, 3.05) is 27.2 Å². The number of thiocarbonyl (C=S) groups is 1. The van der Waals surface area contributed by atoms with Gasteiger partial charge in [-0.2, -0.15) is 0 Å². The zero-order valence-corrected chi connectivity index (χ0v) is 18.7. The molecule has 1 fully saturated rings. The Morgan fingerprint density at radius 1 is 1.17 bits per heavy atom. The molecule has 158 valence electrons. The number of aromatic nitrogens is 5. The number of nitrogens with one attached hydrogen (secondary N) is 1. The number of nitrogens with zero attached hydrogens (tertiary/aromatic N) is 7. The van der Waals surface area contributed by atoms with Gasteiger partial charge in [-0.3, -0.25) is 9.66 Å². The highest BCUT2D eigenvalue weighted by atomic mass is 32.1. The summed E-state index contributed by atoms with van der Waals surface area (Å²) in [6, 6.07) is 8.33. The smallest absolute Gasteiger partial charge is 0.170 e. The number of aryl methyl sites for hydroxylation is 1. The summed E-state index contributed by atoms with van der Waals surface area (Å²) in [5.74, 6) is 0. The van der Waals surface area contributed by atoms with Crippen molar-refractivity contribution in [3.8, 4) is 0 Å². The summed E-state index contributed by atoms with van der Waals surface area (Å²) in [6.45, 7) is 6.13. The van der Waals surface area contributed by atoms with Crippen molar-refractivity contribution >= 4 is 17.3 Å². The SMILES string of the molecule is Cc1cc([C@H]2[C@H](c3ccccn3)NC(=S)N2CCCN(C)C)c(C)n1-n1cnnc1. The van der Waals surface area contributed by atoms with Gasteiger partial charge in [-0.15, -0.1) is 10.2 Å². The molecule has 0 aromatic carbocycles. The lowest BCUT2D eigenvalue weighted by Crippen LogP contribution is -2.32. The van der Waals surface area contributed by atoms with Crippen LogP contribution < -0.4 is 5.32 Å². The molecule has 8 nitrogen and oxygen atoms in total. The fourth-order valence-corrected chi connectivity index (χ4v) is 4.60. The molecule has 1 N–H and O–H groups in total. The number of pyridine rings is 1. The van der Waals surface area contributed by atoms with Gasteiger partial charge in [0.15, 0.2) is 5.11 Å². The van der Waals surface area contributed by atoms with Gasteiger partial charge in [0.1, 0.15) is 12.7 Å². The third-order valence-corrected chi connectivity index (χ3v) is 5.94. The summed E-state index contributed by atoms with van der Waals surface area (Å²) in [6.07, 6.45) is 6.30. The van der Waals surface area contributed by atoms with Crippen LogP contribution in [-0.2, 0) is 0 Å². The van der Waals surface area contributed by atoms with Crippen molar-refractivity contribution in [1.82, 2.24) is 39.7 Å². The Hall–Kier alpha value is -2.78. The Labute approximate surface area is 182 Å². The molecule has 1 aliphatic rings. The fraction of sp³-hybridized carbons (Fsp3) is 0.429. The van der Waals surface area contributed by atoms with Crippen LogP contribution in [0.5, 0.6) is 0 Å². The molecule has 0 spiro atoms. The van der Waals surface area contributed by atoms with Crippen LogP contribution in [0.25, 0.3) is 0 Å². The molecule has 1 aliphatic heterocycles. The molecule has 4 rings (SSSR count). The predicted octanol–water partition coefficient (Wildman–Crippen LogP) is 2.33. The van der Waals surface area contributed by atoms with Gasteiger partial charge in [-0.05, 0) is 71.3 Å². The highest BCUT2D eigenvalue weighted by molar-refractivity contribution is 7.80. The first-order valence-corrected chi connectivity index (χ1v) is 10.5. The van der Waals surface area contributed by atoms with Crippen LogP contribution in [0.15, 0.2) is 43.1 Å². The Kier molecular flexibility index (Phi) is 5.83. The number of hydrogen-bond donors (Lipinski definition) is 1. The lowest BCUT2D eigenvalue weighted by Gasteiger charge is -2.28. The molecule has 3 aromatic heterocycles. The summed E-state index contributed by atoms with van der Waals surface area (Å²) >= 11 is 5.78. The van der Waals surface area contributed by atoms with Crippen molar-refractivity contribution in [1.29, 1.82) is 0 Å². The highest BCUT2D eigenvalue weighted by Gasteiger charge is 2.41. The molecule has 1 saturated heterocycles. The zero-order valence-electron chi connectivity index (χ0n) is 17.9. The van der Waals surface area contributed by atoms with Gasteiger partial charge in [-0.1, -0.05) is 6.07 Å². The molecular weight excluding hydrogens is 396 g/mol. The molecule has 0 unspecified atom stereocenters. The molecule has 0 aliphatic carbocycles. The van der Waals surface area contributed by atoms with E-state index in [9.17, 15) is 0 Å². The van der Waals surface area contributed by atoms with Crippen molar-refractivity contribution in [2.24, 2.45) is 0 Å². The predicted molar refractivity (Wildman–Crippen MR) is 120 cm³/mol. The summed E-state index contributed by atoms with van der Waals surface area (Å²) in [5.41, 5.74) is 4.48. The molecule has 0 radical (unpaired) electrons. The van der Waals surface area contributed by atoms with Crippen LogP contribution in [0.1, 0.15) is 41.1 Å². The van der Waals surface area contributed by atoms with E-state index < -0.39 is 0 Å². The van der Waals surface area contributed by atoms with E-state index in [0.717, 1.165) is 41.7 Å². The summed E-state index contributed by atoms with van der Waals surface area (Å²) in [7, 11) is 4.20. The second-order valence-electron chi connectivity index (χ2n) is 7.96. The average molecular weight is 425 g/mol. The van der Waals surface area contributed by atoms with Gasteiger partial charge in [0, 0.05) is 29.7 Å². The zero-order chi connectivity index (χ0) is 21.3. The van der Waals surface area contributed by atoms with Crippen molar-refractivity contribution < 1.29 is 0 Å². The Bertz CT molecular complexity index is 996. The van der Waals surface area contributed by atoms with Crippen molar-refractivity contribution in [3.05, 3.63) is 65.8 Å². The van der Waals surface area contributed by atoms with E-state index in [0.29, 0.717) is 0 Å². The molecular formula is C21H28N8S. The first kappa shape index (κ1) is 20.5. The topological polar surface area (TPSA) is 67.0 Å². The van der Waals surface area contributed by atoms with Gasteiger partial charge in [0.25, 0.3) is 0 Å². The third-order valence-electron chi connectivity index (χ3n) is 5.59. The molecule has 2 atom stereocenters. The van der Waals surface area contributed by atoms with Gasteiger partial charge in [-0.25, -0.2) is 4.68 Å². The minimum atomic E-state index is -0.00656. The number of hydrogen-bond acceptors (Lipinski definition) is 5. The lowest BCUT2D eigenvalue weighted by atomic mass is 9.96. The summed E-state index contributed by atoms with van der Waals surface area (Å²) in [5, 5.41) is 12.3. The quantitative estimate of drug-likeness (QED) is 0.584. The maximum atomic E-state index is 5.78. The van der Waals surface area contributed by atoms with E-state index >= 15 is 0 Å². The highest BCUT2D eigenvalue weighted by Crippen LogP contribution is 2.40. The van der Waals surface area contributed by atoms with Crippen molar-refractivity contribution in [3.63, 3.8) is 0 Å². The van der Waals surface area contributed by atoms with E-state index in [1.54, 1.807) is 12.7 Å². The Balaban J connectivity index is 1.75. The van der Waals surface area contributed by atoms with Crippen LogP contribution >= 0.6 is 12.2 Å². The molecule has 30 heavy (non-hydrogen) atoms. The molecule has 0 bridgehead atoms. The third kappa shape index (κ3) is 3.82. The van der Waals surface area contributed by atoms with Crippen LogP contribution in [-0.4, -0.2) is 66.6 Å². The largest absolute Gasteiger partial charge is 0.352 e. The van der Waals surface area contributed by atoms with Gasteiger partial charge < -0.3 is 15.1 Å². The normalized spacial score (nSPS) is 19.0. The maximum Gasteiger partial charge on any atom is 0.170 e. The fourth-order valence-electron chi connectivity index (χ4n) is 4.27. The van der Waals surface area contributed by atoms with Crippen molar-refractivity contribution in [2.45, 2.75) is 32.4 Å². The molecule has 3 aromatic rings. The molecule has 4 heterocycles. The lowest BCUT2D eigenvalue weighted by molar-refractivity contribution is 0.292.